The molecule has 35 heavy (non-hydrogen) atoms. The van der Waals surface area contributed by atoms with E-state index < -0.39 is 0 Å². The van der Waals surface area contributed by atoms with E-state index in [-0.39, 0.29) is 18.2 Å². The van der Waals surface area contributed by atoms with Crippen LogP contribution < -0.4 is 5.32 Å². The number of nitrogens with one attached hydrogen (secondary N) is 1. The predicted octanol–water partition coefficient (Wildman–Crippen LogP) is 8.11. The van der Waals surface area contributed by atoms with Gasteiger partial charge >= 0.3 is 0 Å². The van der Waals surface area contributed by atoms with Crippen LogP contribution in [0, 0.1) is 25.7 Å². The maximum absolute atomic E-state index is 6.36. The molecule has 0 aliphatic carbocycles. The summed E-state index contributed by atoms with van der Waals surface area (Å²) >= 11 is 0. The van der Waals surface area contributed by atoms with Gasteiger partial charge in [0.25, 0.3) is 5.95 Å². The van der Waals surface area contributed by atoms with Crippen molar-refractivity contribution in [3.63, 3.8) is 0 Å². The number of benzene rings is 2. The van der Waals surface area contributed by atoms with Gasteiger partial charge in [-0.15, -0.1) is 0 Å². The molecule has 2 aliphatic rings. The Labute approximate surface area is 211 Å². The molecule has 1 fully saturated rings. The monoisotopic (exact) mass is 471 g/mol. The molecule has 4 rings (SSSR count). The summed E-state index contributed by atoms with van der Waals surface area (Å²) in [6, 6.07) is 15.3. The second-order valence-corrected chi connectivity index (χ2v) is 11.0. The lowest BCUT2D eigenvalue weighted by Crippen LogP contribution is -2.32. The Morgan fingerprint density at radius 1 is 0.914 bits per heavy atom. The van der Waals surface area contributed by atoms with Gasteiger partial charge in [0.05, 0.1) is 6.04 Å². The van der Waals surface area contributed by atoms with Crippen LogP contribution in [0.25, 0.3) is 11.6 Å². The summed E-state index contributed by atoms with van der Waals surface area (Å²) in [5.74, 6) is 1.85. The third-order valence-electron chi connectivity index (χ3n) is 6.60. The molecule has 1 N–H and O–H groups in total. The van der Waals surface area contributed by atoms with Crippen LogP contribution >= 0.6 is 0 Å². The highest BCUT2D eigenvalue weighted by Crippen LogP contribution is 2.33. The van der Waals surface area contributed by atoms with Crippen LogP contribution in [0.1, 0.15) is 80.8 Å². The van der Waals surface area contributed by atoms with Crippen molar-refractivity contribution in [2.45, 2.75) is 79.1 Å². The highest BCUT2D eigenvalue weighted by molar-refractivity contribution is 5.76. The molecule has 0 bridgehead atoms. The standard InChI is InChI=1S/C32H41NO2/c1-21(2)13-28-20-29(14-22(3)4)35-32(34-28)19-26-9-7-8-10-30(26)31-18-25(11-12-33-31)27-16-23(5)15-24(6)17-27/h7-12,15-19,21-22,28-29,31,33H,13-14,20H2,1-6H3. The topological polar surface area (TPSA) is 30.5 Å². The average molecular weight is 472 g/mol. The van der Waals surface area contributed by atoms with E-state index in [0.717, 1.165) is 24.8 Å². The van der Waals surface area contributed by atoms with Crippen LogP contribution in [0.15, 0.2) is 66.8 Å². The van der Waals surface area contributed by atoms with Gasteiger partial charge in [-0.05, 0) is 79.1 Å². The smallest absolute Gasteiger partial charge is 0.280 e. The maximum Gasteiger partial charge on any atom is 0.280 e. The number of hydrogen-bond donors (Lipinski definition) is 1. The van der Waals surface area contributed by atoms with Crippen LogP contribution in [-0.2, 0) is 9.47 Å². The van der Waals surface area contributed by atoms with Crippen molar-refractivity contribution in [1.29, 1.82) is 0 Å². The van der Waals surface area contributed by atoms with E-state index in [9.17, 15) is 0 Å². The van der Waals surface area contributed by atoms with Crippen molar-refractivity contribution < 1.29 is 9.47 Å². The molecule has 0 amide bonds. The van der Waals surface area contributed by atoms with Crippen LogP contribution in [0.5, 0.6) is 0 Å². The number of dihydropyridines is 1. The Morgan fingerprint density at radius 3 is 2.17 bits per heavy atom. The molecule has 1 saturated heterocycles. The van der Waals surface area contributed by atoms with E-state index in [0.29, 0.717) is 17.8 Å². The van der Waals surface area contributed by atoms with Crippen LogP contribution in [0.2, 0.25) is 0 Å². The van der Waals surface area contributed by atoms with Crippen molar-refractivity contribution in [1.82, 2.24) is 5.32 Å². The first-order valence-corrected chi connectivity index (χ1v) is 13.1. The molecule has 2 heterocycles. The number of aryl methyl sites for hydroxylation is 2. The third kappa shape index (κ3) is 6.81. The number of rotatable bonds is 7. The third-order valence-corrected chi connectivity index (χ3v) is 6.60. The Morgan fingerprint density at radius 2 is 1.54 bits per heavy atom. The van der Waals surface area contributed by atoms with Gasteiger partial charge in [0.15, 0.2) is 0 Å². The highest BCUT2D eigenvalue weighted by atomic mass is 16.7. The SMILES string of the molecule is Cc1cc(C)cc(C2=CC(c3ccccc3C=C3OC(CC(C)C)CC(CC(C)C)O3)NC=C2)c1. The lowest BCUT2D eigenvalue weighted by Gasteiger charge is -2.34. The minimum Gasteiger partial charge on any atom is -0.462 e. The lowest BCUT2D eigenvalue weighted by atomic mass is 9.93. The molecule has 2 aromatic rings. The van der Waals surface area contributed by atoms with Crippen LogP contribution in [0.3, 0.4) is 0 Å². The fourth-order valence-electron chi connectivity index (χ4n) is 5.24. The molecule has 2 aromatic carbocycles. The van der Waals surface area contributed by atoms with Gasteiger partial charge in [0, 0.05) is 12.5 Å². The van der Waals surface area contributed by atoms with E-state index >= 15 is 0 Å². The molecule has 3 heteroatoms. The highest BCUT2D eigenvalue weighted by Gasteiger charge is 2.29. The average Bonchev–Trinajstić information content (AvgIpc) is 2.78. The largest absolute Gasteiger partial charge is 0.462 e. The number of allylic oxidation sites excluding steroid dienone is 2. The fourth-order valence-corrected chi connectivity index (χ4v) is 5.24. The summed E-state index contributed by atoms with van der Waals surface area (Å²) in [7, 11) is 0. The first kappa shape index (κ1) is 25.2. The van der Waals surface area contributed by atoms with Crippen LogP contribution in [-0.4, -0.2) is 12.2 Å². The van der Waals surface area contributed by atoms with Gasteiger partial charge in [0.2, 0.25) is 0 Å². The van der Waals surface area contributed by atoms with Crippen LogP contribution in [0.4, 0.5) is 0 Å². The number of ether oxygens (including phenoxy) is 2. The van der Waals surface area contributed by atoms with E-state index in [1.165, 1.54) is 27.8 Å². The summed E-state index contributed by atoms with van der Waals surface area (Å²) in [4.78, 5) is 0. The van der Waals surface area contributed by atoms with Gasteiger partial charge in [0.1, 0.15) is 12.2 Å². The summed E-state index contributed by atoms with van der Waals surface area (Å²) in [5, 5.41) is 3.54. The van der Waals surface area contributed by atoms with E-state index in [2.05, 4.69) is 114 Å². The molecule has 0 spiro atoms. The molecular formula is C32H41NO2. The first-order chi connectivity index (χ1) is 16.8. The quantitative estimate of drug-likeness (QED) is 0.442. The van der Waals surface area contributed by atoms with E-state index in [1.54, 1.807) is 0 Å². The minimum absolute atomic E-state index is 0.0744. The van der Waals surface area contributed by atoms with Crippen molar-refractivity contribution in [2.75, 3.05) is 0 Å². The predicted molar refractivity (Wildman–Crippen MR) is 147 cm³/mol. The molecule has 0 saturated carbocycles. The summed E-state index contributed by atoms with van der Waals surface area (Å²) < 4.78 is 12.7. The first-order valence-electron chi connectivity index (χ1n) is 13.1. The Bertz CT molecular complexity index is 1070. The molecule has 3 nitrogen and oxygen atoms in total. The van der Waals surface area contributed by atoms with Crippen molar-refractivity contribution in [3.05, 3.63) is 94.6 Å². The summed E-state index contributed by atoms with van der Waals surface area (Å²) in [6.07, 6.45) is 12.1. The Hall–Kier alpha value is -2.94. The molecule has 3 unspecified atom stereocenters. The van der Waals surface area contributed by atoms with Gasteiger partial charge in [-0.25, -0.2) is 0 Å². The summed E-state index contributed by atoms with van der Waals surface area (Å²) in [5.41, 5.74) is 7.40. The van der Waals surface area contributed by atoms with Gasteiger partial charge < -0.3 is 14.8 Å². The summed E-state index contributed by atoms with van der Waals surface area (Å²) in [6.45, 7) is 13.4. The van der Waals surface area contributed by atoms with E-state index in [4.69, 9.17) is 9.47 Å². The number of hydrogen-bond acceptors (Lipinski definition) is 3. The Balaban J connectivity index is 1.63. The lowest BCUT2D eigenvalue weighted by molar-refractivity contribution is -0.112. The maximum atomic E-state index is 6.36. The fraction of sp³-hybridized carbons (Fsp3) is 0.438. The van der Waals surface area contributed by atoms with Crippen molar-refractivity contribution in [2.24, 2.45) is 11.8 Å². The van der Waals surface area contributed by atoms with E-state index in [1.807, 2.05) is 0 Å². The van der Waals surface area contributed by atoms with Crippen molar-refractivity contribution in [3.8, 4) is 0 Å². The second kappa shape index (κ2) is 11.2. The zero-order valence-electron chi connectivity index (χ0n) is 22.2. The molecule has 186 valence electrons. The zero-order chi connectivity index (χ0) is 24.9. The zero-order valence-corrected chi connectivity index (χ0v) is 22.2. The normalized spacial score (nSPS) is 21.9. The van der Waals surface area contributed by atoms with Crippen molar-refractivity contribution >= 4 is 11.6 Å². The van der Waals surface area contributed by atoms with Gasteiger partial charge in [-0.2, -0.15) is 0 Å². The molecular weight excluding hydrogens is 430 g/mol. The van der Waals surface area contributed by atoms with Gasteiger partial charge in [-0.3, -0.25) is 0 Å². The molecule has 2 aliphatic heterocycles. The second-order valence-electron chi connectivity index (χ2n) is 11.0. The Kier molecular flexibility index (Phi) is 8.05. The molecule has 0 aromatic heterocycles. The van der Waals surface area contributed by atoms with Gasteiger partial charge in [-0.1, -0.05) is 81.3 Å². The minimum atomic E-state index is 0.0744. The molecule has 0 radical (unpaired) electrons. The molecule has 3 atom stereocenters.